The van der Waals surface area contributed by atoms with Gasteiger partial charge in [-0.25, -0.2) is 4.98 Å². The number of nitrogens with zero attached hydrogens (tertiary/aromatic N) is 2. The van der Waals surface area contributed by atoms with Crippen molar-refractivity contribution in [2.24, 2.45) is 29.4 Å². The lowest BCUT2D eigenvalue weighted by atomic mass is 9.88. The monoisotopic (exact) mass is 518 g/mol. The topological polar surface area (TPSA) is 114 Å². The normalized spacial score (nSPS) is 24.6. The van der Waals surface area contributed by atoms with Crippen molar-refractivity contribution in [2.75, 3.05) is 30.3 Å². The molecule has 4 atom stereocenters. The van der Waals surface area contributed by atoms with Gasteiger partial charge in [-0.15, -0.1) is 11.3 Å². The molecule has 0 radical (unpaired) electrons. The number of ether oxygens (including phenoxy) is 1. The molecule has 3 aliphatic rings. The van der Waals surface area contributed by atoms with E-state index in [-0.39, 0.29) is 29.7 Å². The first-order chi connectivity index (χ1) is 18.1. The van der Waals surface area contributed by atoms with Gasteiger partial charge in [0.15, 0.2) is 0 Å². The summed E-state index contributed by atoms with van der Waals surface area (Å²) in [4.78, 5) is 21.7. The molecule has 1 amide bonds. The molecule has 2 unspecified atom stereocenters. The number of amides is 1. The average Bonchev–Trinajstić information content (AvgIpc) is 3.70. The fraction of sp³-hybridized carbons (Fsp3) is 0.464. The maximum Gasteiger partial charge on any atom is 0.229 e. The minimum atomic E-state index is -0.254. The third kappa shape index (κ3) is 5.29. The quantitative estimate of drug-likeness (QED) is 0.215. The Bertz CT molecular complexity index is 1270. The van der Waals surface area contributed by atoms with Gasteiger partial charge in [0.2, 0.25) is 11.9 Å². The summed E-state index contributed by atoms with van der Waals surface area (Å²) >= 11 is 1.59. The maximum absolute atomic E-state index is 12.2. The summed E-state index contributed by atoms with van der Waals surface area (Å²) in [5, 5.41) is 12.4. The lowest BCUT2D eigenvalue weighted by molar-refractivity contribution is -0.122. The molecule has 6 rings (SSSR count). The molecule has 0 saturated heterocycles. The Morgan fingerprint density at radius 1 is 1.08 bits per heavy atom. The van der Waals surface area contributed by atoms with Crippen LogP contribution in [0.2, 0.25) is 0 Å². The van der Waals surface area contributed by atoms with E-state index in [1.165, 1.54) is 25.7 Å². The van der Waals surface area contributed by atoms with Crippen LogP contribution in [0.5, 0.6) is 5.75 Å². The summed E-state index contributed by atoms with van der Waals surface area (Å²) in [6.07, 6.45) is 10.8. The highest BCUT2D eigenvalue weighted by molar-refractivity contribution is 7.17. The fourth-order valence-corrected chi connectivity index (χ4v) is 6.89. The summed E-state index contributed by atoms with van der Waals surface area (Å²) in [6, 6.07) is 9.80. The lowest BCUT2D eigenvalue weighted by Crippen LogP contribution is -2.41. The van der Waals surface area contributed by atoms with Gasteiger partial charge in [0, 0.05) is 18.3 Å². The SMILES string of the molecule is NC(=O)[C@H]1C2C=CC(C2)[C@H]1Nc1nc(Nc2ccc(OCCNCC3CCCC3)cc2)nc2ccsc12. The molecule has 5 N–H and O–H groups in total. The number of carbonyl (C=O) groups is 1. The van der Waals surface area contributed by atoms with Crippen LogP contribution in [0.4, 0.5) is 17.5 Å². The molecule has 0 aliphatic heterocycles. The van der Waals surface area contributed by atoms with Gasteiger partial charge in [0.25, 0.3) is 0 Å². The van der Waals surface area contributed by atoms with Crippen molar-refractivity contribution in [1.29, 1.82) is 0 Å². The standard InChI is InChI=1S/C28H34N6O2S/c29-26(35)23-18-5-6-19(15-18)24(23)33-27-25-22(11-14-37-25)32-28(34-27)31-20-7-9-21(10-8-20)36-13-12-30-16-17-3-1-2-4-17/h5-11,14,17-19,23-24,30H,1-4,12-13,15-16H2,(H2,29,35)(H2,31,32,33,34)/t18?,19?,23-,24+/m0/s1. The van der Waals surface area contributed by atoms with Crippen LogP contribution in [0.25, 0.3) is 10.2 Å². The van der Waals surface area contributed by atoms with Crippen molar-refractivity contribution < 1.29 is 9.53 Å². The Morgan fingerprint density at radius 3 is 2.70 bits per heavy atom. The molecule has 2 saturated carbocycles. The highest BCUT2D eigenvalue weighted by atomic mass is 32.1. The Morgan fingerprint density at radius 2 is 1.89 bits per heavy atom. The highest BCUT2D eigenvalue weighted by Gasteiger charge is 2.47. The van der Waals surface area contributed by atoms with E-state index in [0.29, 0.717) is 12.6 Å². The van der Waals surface area contributed by atoms with Crippen molar-refractivity contribution in [3.05, 3.63) is 47.9 Å². The molecule has 2 aromatic heterocycles. The van der Waals surface area contributed by atoms with Crippen LogP contribution in [0.15, 0.2) is 47.9 Å². The molecule has 8 nitrogen and oxygen atoms in total. The first kappa shape index (κ1) is 24.2. The van der Waals surface area contributed by atoms with Crippen molar-refractivity contribution >= 4 is 44.9 Å². The number of nitrogens with two attached hydrogens (primary N) is 1. The van der Waals surface area contributed by atoms with E-state index >= 15 is 0 Å². The molecule has 2 fully saturated rings. The van der Waals surface area contributed by atoms with E-state index in [1.54, 1.807) is 11.3 Å². The number of hydrogen-bond donors (Lipinski definition) is 4. The first-order valence-corrected chi connectivity index (χ1v) is 14.2. The van der Waals surface area contributed by atoms with E-state index in [1.807, 2.05) is 35.7 Å². The zero-order chi connectivity index (χ0) is 25.2. The van der Waals surface area contributed by atoms with Gasteiger partial charge in [-0.2, -0.15) is 4.98 Å². The number of benzene rings is 1. The van der Waals surface area contributed by atoms with Crippen LogP contribution >= 0.6 is 11.3 Å². The van der Waals surface area contributed by atoms with Crippen molar-refractivity contribution in [3.8, 4) is 5.75 Å². The molecular weight excluding hydrogens is 484 g/mol. The van der Waals surface area contributed by atoms with E-state index in [4.69, 9.17) is 20.4 Å². The summed E-state index contributed by atoms with van der Waals surface area (Å²) in [7, 11) is 0. The van der Waals surface area contributed by atoms with E-state index in [0.717, 1.165) is 52.9 Å². The van der Waals surface area contributed by atoms with E-state index < -0.39 is 0 Å². The Hall–Kier alpha value is -3.17. The van der Waals surface area contributed by atoms with Gasteiger partial charge in [-0.05, 0) is 79.3 Å². The molecular formula is C28H34N6O2S. The van der Waals surface area contributed by atoms with Crippen molar-refractivity contribution in [1.82, 2.24) is 15.3 Å². The fourth-order valence-electron chi connectivity index (χ4n) is 6.11. The molecule has 2 heterocycles. The minimum absolute atomic E-state index is 0.0513. The Labute approximate surface area is 221 Å². The van der Waals surface area contributed by atoms with Gasteiger partial charge in [-0.1, -0.05) is 25.0 Å². The predicted octanol–water partition coefficient (Wildman–Crippen LogP) is 4.68. The first-order valence-electron chi connectivity index (χ1n) is 13.3. The van der Waals surface area contributed by atoms with Crippen LogP contribution in [0.3, 0.4) is 0 Å². The summed E-state index contributed by atoms with van der Waals surface area (Å²) < 4.78 is 6.87. The summed E-state index contributed by atoms with van der Waals surface area (Å²) in [5.41, 5.74) is 7.51. The Balaban J connectivity index is 1.09. The molecule has 3 aliphatic carbocycles. The summed E-state index contributed by atoms with van der Waals surface area (Å²) in [6.45, 7) is 2.60. The van der Waals surface area contributed by atoms with Gasteiger partial charge >= 0.3 is 0 Å². The third-order valence-electron chi connectivity index (χ3n) is 7.96. The average molecular weight is 519 g/mol. The summed E-state index contributed by atoms with van der Waals surface area (Å²) in [5.74, 6) is 2.95. The number of anilines is 3. The number of nitrogens with one attached hydrogen (secondary N) is 3. The minimum Gasteiger partial charge on any atom is -0.492 e. The van der Waals surface area contributed by atoms with Crippen LogP contribution < -0.4 is 26.4 Å². The molecule has 9 heteroatoms. The van der Waals surface area contributed by atoms with Gasteiger partial charge in [-0.3, -0.25) is 4.79 Å². The number of primary amides is 1. The number of rotatable bonds is 11. The van der Waals surface area contributed by atoms with Crippen LogP contribution in [0.1, 0.15) is 32.1 Å². The van der Waals surface area contributed by atoms with E-state index in [9.17, 15) is 4.79 Å². The van der Waals surface area contributed by atoms with Gasteiger partial charge < -0.3 is 26.4 Å². The second-order valence-corrected chi connectivity index (χ2v) is 11.3. The predicted molar refractivity (Wildman–Crippen MR) is 148 cm³/mol. The largest absolute Gasteiger partial charge is 0.492 e. The second-order valence-electron chi connectivity index (χ2n) is 10.4. The highest BCUT2D eigenvalue weighted by Crippen LogP contribution is 2.45. The molecule has 2 bridgehead atoms. The molecule has 194 valence electrons. The number of allylic oxidation sites excluding steroid dienone is 1. The van der Waals surface area contributed by atoms with Crippen LogP contribution in [0, 0.1) is 23.7 Å². The number of hydrogen-bond acceptors (Lipinski definition) is 8. The van der Waals surface area contributed by atoms with Crippen molar-refractivity contribution in [3.63, 3.8) is 0 Å². The number of fused-ring (bicyclic) bond motifs is 3. The van der Waals surface area contributed by atoms with Crippen molar-refractivity contribution in [2.45, 2.75) is 38.1 Å². The van der Waals surface area contributed by atoms with Gasteiger partial charge in [0.05, 0.1) is 16.1 Å². The second kappa shape index (κ2) is 10.7. The Kier molecular flexibility index (Phi) is 6.97. The third-order valence-corrected chi connectivity index (χ3v) is 8.87. The van der Waals surface area contributed by atoms with E-state index in [2.05, 4.69) is 28.1 Å². The molecule has 3 aromatic rings. The maximum atomic E-state index is 12.2. The smallest absolute Gasteiger partial charge is 0.229 e. The molecule has 0 spiro atoms. The number of aromatic nitrogens is 2. The van der Waals surface area contributed by atoms with Crippen LogP contribution in [-0.2, 0) is 4.79 Å². The molecule has 37 heavy (non-hydrogen) atoms. The zero-order valence-corrected chi connectivity index (χ0v) is 21.7. The number of thiophene rings is 1. The number of carbonyl (C=O) groups excluding carboxylic acids is 1. The van der Waals surface area contributed by atoms with Crippen LogP contribution in [-0.4, -0.2) is 41.6 Å². The lowest BCUT2D eigenvalue weighted by Gasteiger charge is -2.27. The molecule has 1 aromatic carbocycles. The van der Waals surface area contributed by atoms with Gasteiger partial charge in [0.1, 0.15) is 18.2 Å². The zero-order valence-electron chi connectivity index (χ0n) is 20.9.